The summed E-state index contributed by atoms with van der Waals surface area (Å²) in [6.07, 6.45) is 9.00. The van der Waals surface area contributed by atoms with E-state index in [1.54, 1.807) is 0 Å². The Bertz CT molecular complexity index is 1170. The predicted octanol–water partition coefficient (Wildman–Crippen LogP) is 2.48. The van der Waals surface area contributed by atoms with Crippen molar-refractivity contribution in [3.63, 3.8) is 0 Å². The second kappa shape index (κ2) is 10.5. The van der Waals surface area contributed by atoms with E-state index in [2.05, 4.69) is 60.3 Å². The molecule has 9 heteroatoms. The molecular weight excluding hydrogens is 442 g/mol. The van der Waals surface area contributed by atoms with Crippen molar-refractivity contribution < 1.29 is 9.90 Å². The van der Waals surface area contributed by atoms with E-state index >= 15 is 0 Å². The molecule has 35 heavy (non-hydrogen) atoms. The number of imidazole rings is 1. The standard InChI is InChI=1S/C26H33N7O2/c1-2-25(35)32-9-3-4-20(18-32)26-28-17-23-16-27-24(19-33(23)26)29-21-5-7-22(8-6-21)31-12-10-30(11-13-31)14-15-34/h2,5-8,16-17,19-20,29,34H,1,3-4,9-15,18H2. The first kappa shape index (κ1) is 23.3. The van der Waals surface area contributed by atoms with Crippen molar-refractivity contribution in [2.24, 2.45) is 0 Å². The fourth-order valence-corrected chi connectivity index (χ4v) is 5.07. The highest BCUT2D eigenvalue weighted by Gasteiger charge is 2.26. The first-order chi connectivity index (χ1) is 17.1. The molecule has 0 aliphatic carbocycles. The summed E-state index contributed by atoms with van der Waals surface area (Å²) in [7, 11) is 0. The number of piperazine rings is 1. The fraction of sp³-hybridized carbons (Fsp3) is 0.423. The van der Waals surface area contributed by atoms with Crippen LogP contribution >= 0.6 is 0 Å². The normalized spacial score (nSPS) is 19.2. The lowest BCUT2D eigenvalue weighted by atomic mass is 9.97. The highest BCUT2D eigenvalue weighted by Crippen LogP contribution is 2.28. The van der Waals surface area contributed by atoms with Gasteiger partial charge in [0.1, 0.15) is 11.6 Å². The van der Waals surface area contributed by atoms with Gasteiger partial charge >= 0.3 is 0 Å². The lowest BCUT2D eigenvalue weighted by molar-refractivity contribution is -0.127. The Balaban J connectivity index is 1.27. The van der Waals surface area contributed by atoms with Gasteiger partial charge in [0.25, 0.3) is 0 Å². The van der Waals surface area contributed by atoms with Crippen LogP contribution in [0.2, 0.25) is 0 Å². The number of rotatable bonds is 7. The van der Waals surface area contributed by atoms with E-state index in [1.165, 1.54) is 11.8 Å². The molecular formula is C26H33N7O2. The molecule has 184 valence electrons. The van der Waals surface area contributed by atoms with Crippen LogP contribution < -0.4 is 10.2 Å². The fourth-order valence-electron chi connectivity index (χ4n) is 5.07. The van der Waals surface area contributed by atoms with E-state index in [0.717, 1.165) is 75.0 Å². The number of nitrogens with one attached hydrogen (secondary N) is 1. The minimum atomic E-state index is -0.0185. The molecule has 4 heterocycles. The third kappa shape index (κ3) is 5.16. The van der Waals surface area contributed by atoms with Crippen molar-refractivity contribution in [3.05, 3.63) is 61.3 Å². The topological polar surface area (TPSA) is 89.2 Å². The molecule has 2 saturated heterocycles. The van der Waals surface area contributed by atoms with Crippen LogP contribution in [0, 0.1) is 0 Å². The van der Waals surface area contributed by atoms with E-state index in [4.69, 9.17) is 5.11 Å². The molecule has 1 amide bonds. The average molecular weight is 476 g/mol. The number of aliphatic hydroxyl groups is 1. The molecule has 9 nitrogen and oxygen atoms in total. The molecule has 1 unspecified atom stereocenters. The lowest BCUT2D eigenvalue weighted by Crippen LogP contribution is -2.47. The molecule has 1 atom stereocenters. The Morgan fingerprint density at radius 1 is 1.11 bits per heavy atom. The van der Waals surface area contributed by atoms with Gasteiger partial charge in [0, 0.05) is 63.1 Å². The number of hydrogen-bond acceptors (Lipinski definition) is 7. The lowest BCUT2D eigenvalue weighted by Gasteiger charge is -2.35. The minimum absolute atomic E-state index is 0.0185. The molecule has 0 radical (unpaired) electrons. The number of carbonyl (C=O) groups is 1. The second-order valence-corrected chi connectivity index (χ2v) is 9.24. The van der Waals surface area contributed by atoms with Gasteiger partial charge in [-0.15, -0.1) is 0 Å². The Kier molecular flexibility index (Phi) is 6.96. The zero-order valence-electron chi connectivity index (χ0n) is 20.0. The molecule has 2 aliphatic rings. The zero-order valence-corrected chi connectivity index (χ0v) is 20.0. The van der Waals surface area contributed by atoms with Gasteiger partial charge in [-0.05, 0) is 43.2 Å². The molecule has 0 bridgehead atoms. The molecule has 1 aromatic carbocycles. The minimum Gasteiger partial charge on any atom is -0.395 e. The Hall–Kier alpha value is -3.43. The van der Waals surface area contributed by atoms with Crippen molar-refractivity contribution in [2.45, 2.75) is 18.8 Å². The highest BCUT2D eigenvalue weighted by molar-refractivity contribution is 5.87. The van der Waals surface area contributed by atoms with Crippen molar-refractivity contribution in [2.75, 3.05) is 62.6 Å². The number of piperidine rings is 1. The first-order valence-electron chi connectivity index (χ1n) is 12.3. The zero-order chi connectivity index (χ0) is 24.2. The number of amides is 1. The monoisotopic (exact) mass is 475 g/mol. The number of benzene rings is 1. The van der Waals surface area contributed by atoms with Crippen LogP contribution in [0.25, 0.3) is 5.52 Å². The molecule has 2 fully saturated rings. The van der Waals surface area contributed by atoms with Gasteiger partial charge in [-0.2, -0.15) is 0 Å². The first-order valence-corrected chi connectivity index (χ1v) is 12.3. The Labute approximate surface area is 205 Å². The van der Waals surface area contributed by atoms with Crippen LogP contribution in [0.1, 0.15) is 24.6 Å². The number of fused-ring (bicyclic) bond motifs is 1. The van der Waals surface area contributed by atoms with E-state index in [0.29, 0.717) is 6.54 Å². The summed E-state index contributed by atoms with van der Waals surface area (Å²) < 4.78 is 2.09. The van der Waals surface area contributed by atoms with Gasteiger partial charge < -0.3 is 20.2 Å². The average Bonchev–Trinajstić information content (AvgIpc) is 3.33. The van der Waals surface area contributed by atoms with Gasteiger partial charge in [0.2, 0.25) is 5.91 Å². The van der Waals surface area contributed by atoms with Crippen molar-refractivity contribution in [1.29, 1.82) is 0 Å². The number of aliphatic hydroxyl groups excluding tert-OH is 1. The molecule has 2 aliphatic heterocycles. The molecule has 5 rings (SSSR count). The van der Waals surface area contributed by atoms with Crippen LogP contribution in [0.5, 0.6) is 0 Å². The predicted molar refractivity (Wildman–Crippen MR) is 137 cm³/mol. The van der Waals surface area contributed by atoms with Crippen LogP contribution in [-0.2, 0) is 4.79 Å². The third-order valence-electron chi connectivity index (χ3n) is 7.01. The maximum atomic E-state index is 12.1. The number of anilines is 3. The second-order valence-electron chi connectivity index (χ2n) is 9.24. The van der Waals surface area contributed by atoms with E-state index in [9.17, 15) is 4.79 Å². The number of hydrogen-bond donors (Lipinski definition) is 2. The molecule has 2 N–H and O–H groups in total. The molecule has 3 aromatic rings. The van der Waals surface area contributed by atoms with Crippen molar-refractivity contribution >= 4 is 28.6 Å². The van der Waals surface area contributed by atoms with Crippen LogP contribution in [-0.4, -0.2) is 87.6 Å². The van der Waals surface area contributed by atoms with E-state index in [1.807, 2.05) is 23.5 Å². The third-order valence-corrected chi connectivity index (χ3v) is 7.01. The van der Waals surface area contributed by atoms with E-state index < -0.39 is 0 Å². The number of likely N-dealkylation sites (tertiary alicyclic amines) is 1. The molecule has 0 spiro atoms. The SMILES string of the molecule is C=CC(=O)N1CCCC(c2ncc3cnc(Nc4ccc(N5CCN(CCO)CC5)cc4)cn23)C1. The molecule has 0 saturated carbocycles. The number of aromatic nitrogens is 3. The summed E-state index contributed by atoms with van der Waals surface area (Å²) in [6, 6.07) is 8.43. The maximum Gasteiger partial charge on any atom is 0.245 e. The molecule has 2 aromatic heterocycles. The van der Waals surface area contributed by atoms with Crippen molar-refractivity contribution in [3.8, 4) is 0 Å². The number of carbonyl (C=O) groups excluding carboxylic acids is 1. The van der Waals surface area contributed by atoms with Crippen LogP contribution in [0.15, 0.2) is 55.5 Å². The summed E-state index contributed by atoms with van der Waals surface area (Å²) in [4.78, 5) is 27.9. The van der Waals surface area contributed by atoms with Gasteiger partial charge in [-0.25, -0.2) is 9.97 Å². The largest absolute Gasteiger partial charge is 0.395 e. The van der Waals surface area contributed by atoms with Gasteiger partial charge in [-0.3, -0.25) is 14.1 Å². The van der Waals surface area contributed by atoms with Gasteiger partial charge in [-0.1, -0.05) is 6.58 Å². The summed E-state index contributed by atoms with van der Waals surface area (Å²) in [6.45, 7) is 9.89. The van der Waals surface area contributed by atoms with Gasteiger partial charge in [0.05, 0.1) is 30.7 Å². The number of nitrogens with zero attached hydrogens (tertiary/aromatic N) is 6. The summed E-state index contributed by atoms with van der Waals surface area (Å²) in [5.41, 5.74) is 3.12. The quantitative estimate of drug-likeness (QED) is 0.508. The van der Waals surface area contributed by atoms with Crippen LogP contribution in [0.4, 0.5) is 17.2 Å². The highest BCUT2D eigenvalue weighted by atomic mass is 16.3. The maximum absolute atomic E-state index is 12.1. The smallest absolute Gasteiger partial charge is 0.245 e. The number of β-amino-alcohol motifs (C(OH)–C–C–N with tert-alkyl or cyclic N) is 1. The van der Waals surface area contributed by atoms with Gasteiger partial charge in [0.15, 0.2) is 0 Å². The Morgan fingerprint density at radius 2 is 1.89 bits per heavy atom. The van der Waals surface area contributed by atoms with Crippen molar-refractivity contribution in [1.82, 2.24) is 24.2 Å². The van der Waals surface area contributed by atoms with Crippen LogP contribution in [0.3, 0.4) is 0 Å². The summed E-state index contributed by atoms with van der Waals surface area (Å²) >= 11 is 0. The summed E-state index contributed by atoms with van der Waals surface area (Å²) in [5.74, 6) is 1.87. The Morgan fingerprint density at radius 3 is 2.63 bits per heavy atom. The van der Waals surface area contributed by atoms with E-state index in [-0.39, 0.29) is 18.4 Å². The summed E-state index contributed by atoms with van der Waals surface area (Å²) in [5, 5.41) is 12.5.